The molecule has 1 saturated carbocycles. The molecule has 2 aromatic heterocycles. The van der Waals surface area contributed by atoms with Crippen molar-refractivity contribution in [3.05, 3.63) is 39.8 Å². The second-order valence-corrected chi connectivity index (χ2v) is 11.6. The first-order valence-electron chi connectivity index (χ1n) is 14.0. The van der Waals surface area contributed by atoms with Gasteiger partial charge in [-0.2, -0.15) is 4.98 Å². The summed E-state index contributed by atoms with van der Waals surface area (Å²) in [6.45, 7) is 0.623. The van der Waals surface area contributed by atoms with Gasteiger partial charge in [0.25, 0.3) is 11.5 Å². The molecule has 2 atom stereocenters. The largest absolute Gasteiger partial charge is 0.480 e. The van der Waals surface area contributed by atoms with Crippen LogP contribution in [0.25, 0.3) is 10.9 Å². The van der Waals surface area contributed by atoms with Gasteiger partial charge in [0, 0.05) is 44.2 Å². The van der Waals surface area contributed by atoms with E-state index in [1.54, 1.807) is 25.1 Å². The molecule has 10 nitrogen and oxygen atoms in total. The summed E-state index contributed by atoms with van der Waals surface area (Å²) in [6.07, 6.45) is 2.10. The minimum atomic E-state index is -3.17. The molecule has 230 valence electrons. The predicted molar refractivity (Wildman–Crippen MR) is 154 cm³/mol. The van der Waals surface area contributed by atoms with E-state index in [4.69, 9.17) is 16.3 Å². The topological polar surface area (TPSA) is 113 Å². The van der Waals surface area contributed by atoms with Crippen molar-refractivity contribution in [3.8, 4) is 5.75 Å². The number of pyridine rings is 1. The number of carbonyl (C=O) groups is 1. The van der Waals surface area contributed by atoms with Crippen LogP contribution in [0.1, 0.15) is 26.2 Å². The number of carbonyl (C=O) groups excluding carboxylic acids is 1. The average Bonchev–Trinajstić information content (AvgIpc) is 3.80. The van der Waals surface area contributed by atoms with Gasteiger partial charge in [-0.1, -0.05) is 11.6 Å². The van der Waals surface area contributed by atoms with Gasteiger partial charge in [-0.05, 0) is 43.9 Å². The average molecular weight is 624 g/mol. The Labute approximate surface area is 248 Å². The molecule has 0 bridgehead atoms. The number of ether oxygens (including phenoxy) is 1. The fourth-order valence-corrected chi connectivity index (χ4v) is 5.82. The number of nitrogens with zero attached hydrogens (tertiary/aromatic N) is 4. The van der Waals surface area contributed by atoms with Gasteiger partial charge in [0.05, 0.1) is 23.4 Å². The van der Waals surface area contributed by atoms with Crippen molar-refractivity contribution >= 4 is 51.6 Å². The molecule has 6 rings (SSSR count). The fourth-order valence-electron chi connectivity index (χ4n) is 5.68. The molecule has 1 saturated heterocycles. The number of hydrogen-bond acceptors (Lipinski definition) is 8. The third-order valence-corrected chi connectivity index (χ3v) is 8.46. The molecule has 4 heterocycles. The Morgan fingerprint density at radius 2 is 2.00 bits per heavy atom. The standard InChI is InChI=1S/C28H30ClF4N7O3/c1-3-34-24(41)17-12-40(9-8-27(17,30)31)26-35-11-18(29)23(38-26)36-15-6-7-19-16(10-15)20-21(25(42)39(19)2)43-13-28(32,33)22(37-20)14-4-5-14/h6-7,10-11,14,17,22,37H,3-5,8-9,12-13H2,1-2H3,(H,34,41)(H,35,36,38)/t17-,22-/m0/s1. The van der Waals surface area contributed by atoms with E-state index in [2.05, 4.69) is 25.9 Å². The summed E-state index contributed by atoms with van der Waals surface area (Å²) in [7, 11) is 1.53. The van der Waals surface area contributed by atoms with Crippen molar-refractivity contribution in [2.75, 3.05) is 41.8 Å². The van der Waals surface area contributed by atoms with E-state index in [0.29, 0.717) is 29.4 Å². The van der Waals surface area contributed by atoms with Crippen molar-refractivity contribution in [2.45, 2.75) is 44.1 Å². The first-order valence-corrected chi connectivity index (χ1v) is 14.4. The van der Waals surface area contributed by atoms with Crippen LogP contribution in [-0.2, 0) is 11.8 Å². The molecule has 3 aliphatic rings. The van der Waals surface area contributed by atoms with E-state index in [1.165, 1.54) is 22.7 Å². The smallest absolute Gasteiger partial charge is 0.301 e. The van der Waals surface area contributed by atoms with Gasteiger partial charge in [-0.25, -0.2) is 22.5 Å². The lowest BCUT2D eigenvalue weighted by atomic mass is 9.93. The Bertz CT molecular complexity index is 1650. The van der Waals surface area contributed by atoms with Crippen LogP contribution in [0.3, 0.4) is 0 Å². The van der Waals surface area contributed by atoms with Crippen molar-refractivity contribution in [3.63, 3.8) is 0 Å². The normalized spacial score (nSPS) is 22.6. The highest BCUT2D eigenvalue weighted by Crippen LogP contribution is 2.46. The van der Waals surface area contributed by atoms with E-state index in [-0.39, 0.29) is 53.8 Å². The summed E-state index contributed by atoms with van der Waals surface area (Å²) >= 11 is 6.39. The van der Waals surface area contributed by atoms with Crippen LogP contribution >= 0.6 is 11.6 Å². The number of nitrogens with one attached hydrogen (secondary N) is 3. The summed E-state index contributed by atoms with van der Waals surface area (Å²) < 4.78 is 65.8. The molecule has 0 spiro atoms. The van der Waals surface area contributed by atoms with Crippen molar-refractivity contribution in [1.82, 2.24) is 19.9 Å². The highest BCUT2D eigenvalue weighted by molar-refractivity contribution is 6.33. The minimum Gasteiger partial charge on any atom is -0.480 e. The number of piperidine rings is 1. The zero-order valence-corrected chi connectivity index (χ0v) is 24.2. The third kappa shape index (κ3) is 5.41. The molecular formula is C28H30ClF4N7O3. The number of anilines is 4. The Kier molecular flexibility index (Phi) is 7.30. The van der Waals surface area contributed by atoms with E-state index >= 15 is 0 Å². The molecule has 15 heteroatoms. The monoisotopic (exact) mass is 623 g/mol. The predicted octanol–water partition coefficient (Wildman–Crippen LogP) is 4.54. The van der Waals surface area contributed by atoms with Crippen LogP contribution in [0.15, 0.2) is 29.2 Å². The molecule has 3 N–H and O–H groups in total. The molecule has 3 aromatic rings. The fraction of sp³-hybridized carbons (Fsp3) is 0.500. The number of fused-ring (bicyclic) bond motifs is 3. The Morgan fingerprint density at radius 1 is 1.23 bits per heavy atom. The SMILES string of the molecule is CCNC(=O)[C@@H]1CN(c2ncc(Cl)c(Nc3ccc4c(c3)c3c(c(=O)n4C)OCC(F)(F)[C@H](C4CC4)N3)n2)CCC1(F)F. The van der Waals surface area contributed by atoms with Gasteiger partial charge < -0.3 is 30.2 Å². The zero-order chi connectivity index (χ0) is 30.7. The summed E-state index contributed by atoms with van der Waals surface area (Å²) in [4.78, 5) is 35.6. The van der Waals surface area contributed by atoms with Crippen LogP contribution in [0.4, 0.5) is 40.7 Å². The number of hydrogen-bond donors (Lipinski definition) is 3. The van der Waals surface area contributed by atoms with Gasteiger partial charge in [0.15, 0.2) is 12.4 Å². The van der Waals surface area contributed by atoms with Crippen LogP contribution in [0.2, 0.25) is 5.02 Å². The quantitative estimate of drug-likeness (QED) is 0.343. The van der Waals surface area contributed by atoms with Gasteiger partial charge in [0.2, 0.25) is 17.6 Å². The molecule has 43 heavy (non-hydrogen) atoms. The summed E-state index contributed by atoms with van der Waals surface area (Å²) in [5, 5.41) is 9.10. The van der Waals surface area contributed by atoms with E-state index in [1.807, 2.05) is 0 Å². The second kappa shape index (κ2) is 10.7. The molecule has 1 aliphatic carbocycles. The van der Waals surface area contributed by atoms with Crippen molar-refractivity contribution < 1.29 is 27.1 Å². The number of aryl methyl sites for hydroxylation is 1. The van der Waals surface area contributed by atoms with Crippen molar-refractivity contribution in [1.29, 1.82) is 0 Å². The molecule has 2 aliphatic heterocycles. The number of alkyl halides is 4. The summed E-state index contributed by atoms with van der Waals surface area (Å²) in [6, 6.07) is 3.82. The highest BCUT2D eigenvalue weighted by Gasteiger charge is 2.51. The molecule has 0 radical (unpaired) electrons. The van der Waals surface area contributed by atoms with Gasteiger partial charge in [-0.15, -0.1) is 0 Å². The Morgan fingerprint density at radius 3 is 2.72 bits per heavy atom. The lowest BCUT2D eigenvalue weighted by Gasteiger charge is -2.37. The van der Waals surface area contributed by atoms with Crippen LogP contribution in [0.5, 0.6) is 5.75 Å². The number of benzene rings is 1. The van der Waals surface area contributed by atoms with Crippen LogP contribution in [-0.4, -0.2) is 64.6 Å². The van der Waals surface area contributed by atoms with E-state index in [9.17, 15) is 27.2 Å². The van der Waals surface area contributed by atoms with Crippen molar-refractivity contribution in [2.24, 2.45) is 18.9 Å². The number of halogens is 5. The number of aromatic nitrogens is 3. The van der Waals surface area contributed by atoms with Gasteiger partial charge in [-0.3, -0.25) is 9.59 Å². The first-order chi connectivity index (χ1) is 20.4. The van der Waals surface area contributed by atoms with Gasteiger partial charge >= 0.3 is 5.92 Å². The van der Waals surface area contributed by atoms with E-state index < -0.39 is 48.3 Å². The molecular weight excluding hydrogens is 594 g/mol. The molecule has 1 amide bonds. The molecule has 0 unspecified atom stereocenters. The maximum Gasteiger partial charge on any atom is 0.301 e. The summed E-state index contributed by atoms with van der Waals surface area (Å²) in [5.41, 5.74) is 0.608. The van der Waals surface area contributed by atoms with E-state index in [0.717, 1.165) is 0 Å². The minimum absolute atomic E-state index is 0.0709. The molecule has 1 aromatic carbocycles. The number of rotatable bonds is 6. The Hall–Kier alpha value is -3.81. The second-order valence-electron chi connectivity index (χ2n) is 11.2. The Balaban J connectivity index is 1.33. The maximum atomic E-state index is 15.0. The maximum absolute atomic E-state index is 15.0. The third-order valence-electron chi connectivity index (χ3n) is 8.18. The highest BCUT2D eigenvalue weighted by atomic mass is 35.5. The molecule has 2 fully saturated rings. The van der Waals surface area contributed by atoms with Crippen LogP contribution in [0, 0.1) is 11.8 Å². The van der Waals surface area contributed by atoms with Gasteiger partial charge in [0.1, 0.15) is 10.9 Å². The number of amides is 1. The lowest BCUT2D eigenvalue weighted by Crippen LogP contribution is -2.53. The first kappa shape index (κ1) is 29.3. The summed E-state index contributed by atoms with van der Waals surface area (Å²) in [5.74, 6) is -8.79. The van der Waals surface area contributed by atoms with Crippen LogP contribution < -0.4 is 31.1 Å². The zero-order valence-electron chi connectivity index (χ0n) is 23.4. The lowest BCUT2D eigenvalue weighted by molar-refractivity contribution is -0.141.